The molecular weight excluding hydrogens is 592 g/mol. The molecule has 5 rings (SSSR count). The number of aromatic carboxylic acids is 1. The molecule has 1 aliphatic carbocycles. The number of nitrogens with one attached hydrogen (secondary N) is 3. The molecule has 0 saturated heterocycles. The molecule has 10 nitrogen and oxygen atoms in total. The van der Waals surface area contributed by atoms with Crippen molar-refractivity contribution in [3.05, 3.63) is 102 Å². The van der Waals surface area contributed by atoms with E-state index in [1.54, 1.807) is 48.3 Å². The molecule has 4 N–H and O–H groups in total. The molecule has 0 atom stereocenters. The second-order valence-electron chi connectivity index (χ2n) is 10.6. The Kier molecular flexibility index (Phi) is 10.5. The summed E-state index contributed by atoms with van der Waals surface area (Å²) in [6.45, 7) is 0. The Morgan fingerprint density at radius 2 is 1.64 bits per heavy atom. The highest BCUT2D eigenvalue weighted by atomic mass is 32.2. The molecule has 45 heavy (non-hydrogen) atoms. The van der Waals surface area contributed by atoms with Crippen LogP contribution >= 0.6 is 11.8 Å². The summed E-state index contributed by atoms with van der Waals surface area (Å²) >= 11 is 1.63. The second-order valence-corrected chi connectivity index (χ2v) is 11.5. The van der Waals surface area contributed by atoms with Crippen LogP contribution in [0.25, 0.3) is 0 Å². The van der Waals surface area contributed by atoms with Crippen molar-refractivity contribution < 1.29 is 29.0 Å². The zero-order valence-corrected chi connectivity index (χ0v) is 25.5. The van der Waals surface area contributed by atoms with Crippen molar-refractivity contribution in [2.75, 3.05) is 16.9 Å². The Balaban J connectivity index is 1.04. The van der Waals surface area contributed by atoms with Gasteiger partial charge in [0, 0.05) is 28.9 Å². The lowest BCUT2D eigenvalue weighted by Gasteiger charge is -2.29. The van der Waals surface area contributed by atoms with E-state index in [9.17, 15) is 19.5 Å². The Labute approximate surface area is 265 Å². The van der Waals surface area contributed by atoms with Gasteiger partial charge in [0.1, 0.15) is 11.5 Å². The number of benzene rings is 3. The van der Waals surface area contributed by atoms with E-state index in [0.717, 1.165) is 42.0 Å². The summed E-state index contributed by atoms with van der Waals surface area (Å²) in [4.78, 5) is 41.7. The third-order valence-corrected chi connectivity index (χ3v) is 8.01. The number of carboxylic acid groups (broad SMARTS) is 1. The summed E-state index contributed by atoms with van der Waals surface area (Å²) in [5.74, 6) is 0.242. The highest BCUT2D eigenvalue weighted by Crippen LogP contribution is 2.27. The first-order chi connectivity index (χ1) is 21.8. The molecule has 1 aromatic heterocycles. The van der Waals surface area contributed by atoms with E-state index in [1.165, 1.54) is 6.07 Å². The molecule has 1 heterocycles. The standard InChI is InChI=1S/C34H34N4O6S/c1-45-28-6-4-5-24(20-28)37-34(42)36-23-10-12-25(13-11-23)43-26-14-16-27(17-15-26)44-32-18-9-22(21-35-32)19-31(39)38-30-8-3-2-7-29(30)33(40)41/h2-9,14-18,20-21,23,25H,10-13,19H2,1H3,(H,38,39)(H,40,41)(H2,36,37,42). The zero-order chi connectivity index (χ0) is 31.6. The number of thioether (sulfide) groups is 1. The Bertz CT molecular complexity index is 1620. The minimum absolute atomic E-state index is 0.0271. The molecule has 1 saturated carbocycles. The molecule has 0 radical (unpaired) electrons. The molecule has 0 unspecified atom stereocenters. The monoisotopic (exact) mass is 626 g/mol. The molecule has 232 valence electrons. The van der Waals surface area contributed by atoms with Gasteiger partial charge in [-0.2, -0.15) is 0 Å². The first kappa shape index (κ1) is 31.4. The third-order valence-electron chi connectivity index (χ3n) is 7.28. The highest BCUT2D eigenvalue weighted by molar-refractivity contribution is 7.98. The lowest BCUT2D eigenvalue weighted by atomic mass is 9.93. The van der Waals surface area contributed by atoms with E-state index < -0.39 is 5.97 Å². The molecule has 1 fully saturated rings. The Hall–Kier alpha value is -5.03. The number of aromatic nitrogens is 1. The van der Waals surface area contributed by atoms with Crippen LogP contribution < -0.4 is 25.4 Å². The van der Waals surface area contributed by atoms with Gasteiger partial charge in [-0.1, -0.05) is 24.3 Å². The summed E-state index contributed by atoms with van der Waals surface area (Å²) < 4.78 is 12.0. The van der Waals surface area contributed by atoms with Crippen LogP contribution in [-0.4, -0.2) is 46.4 Å². The number of carbonyl (C=O) groups is 3. The number of amides is 3. The first-order valence-electron chi connectivity index (χ1n) is 14.6. The number of carboxylic acids is 1. The lowest BCUT2D eigenvalue weighted by molar-refractivity contribution is -0.115. The molecule has 3 amide bonds. The minimum atomic E-state index is -1.11. The number of para-hydroxylation sites is 1. The summed E-state index contributed by atoms with van der Waals surface area (Å²) in [6.07, 6.45) is 7.00. The maximum absolute atomic E-state index is 12.5. The van der Waals surface area contributed by atoms with Crippen LogP contribution in [0.5, 0.6) is 17.4 Å². The zero-order valence-electron chi connectivity index (χ0n) is 24.7. The number of hydrogen-bond donors (Lipinski definition) is 4. The minimum Gasteiger partial charge on any atom is -0.490 e. The number of rotatable bonds is 11. The van der Waals surface area contributed by atoms with Gasteiger partial charge in [0.05, 0.1) is 23.8 Å². The maximum Gasteiger partial charge on any atom is 0.337 e. The van der Waals surface area contributed by atoms with Crippen molar-refractivity contribution in [3.8, 4) is 17.4 Å². The SMILES string of the molecule is CSc1cccc(NC(=O)NC2CCC(Oc3ccc(Oc4ccc(CC(=O)Nc5ccccc5C(=O)O)cn4)cc3)CC2)c1. The van der Waals surface area contributed by atoms with Gasteiger partial charge >= 0.3 is 12.0 Å². The van der Waals surface area contributed by atoms with Crippen LogP contribution in [0.2, 0.25) is 0 Å². The van der Waals surface area contributed by atoms with E-state index in [2.05, 4.69) is 20.9 Å². The first-order valence-corrected chi connectivity index (χ1v) is 15.8. The predicted octanol–water partition coefficient (Wildman–Crippen LogP) is 6.99. The van der Waals surface area contributed by atoms with Gasteiger partial charge < -0.3 is 30.5 Å². The lowest BCUT2D eigenvalue weighted by Crippen LogP contribution is -2.41. The topological polar surface area (TPSA) is 139 Å². The van der Waals surface area contributed by atoms with Crippen molar-refractivity contribution in [3.63, 3.8) is 0 Å². The fourth-order valence-corrected chi connectivity index (χ4v) is 5.47. The fourth-order valence-electron chi connectivity index (χ4n) is 5.01. The van der Waals surface area contributed by atoms with Crippen molar-refractivity contribution in [2.24, 2.45) is 0 Å². The molecular formula is C34H34N4O6S. The van der Waals surface area contributed by atoms with Crippen LogP contribution in [0.3, 0.4) is 0 Å². The van der Waals surface area contributed by atoms with Gasteiger partial charge in [-0.05, 0) is 92.1 Å². The van der Waals surface area contributed by atoms with Crippen LogP contribution in [-0.2, 0) is 11.2 Å². The molecule has 11 heteroatoms. The number of nitrogens with zero attached hydrogens (tertiary/aromatic N) is 1. The Morgan fingerprint density at radius 3 is 2.36 bits per heavy atom. The molecule has 0 bridgehead atoms. The molecule has 3 aromatic carbocycles. The van der Waals surface area contributed by atoms with Gasteiger partial charge in [0.15, 0.2) is 0 Å². The van der Waals surface area contributed by atoms with Crippen LogP contribution in [0.15, 0.2) is 96.0 Å². The summed E-state index contributed by atoms with van der Waals surface area (Å²) in [6, 6.07) is 24.7. The number of carbonyl (C=O) groups excluding carboxylic acids is 2. The smallest absolute Gasteiger partial charge is 0.337 e. The number of pyridine rings is 1. The number of anilines is 2. The summed E-state index contributed by atoms with van der Waals surface area (Å²) in [7, 11) is 0. The average molecular weight is 627 g/mol. The quantitative estimate of drug-likeness (QED) is 0.131. The molecule has 4 aromatic rings. The predicted molar refractivity (Wildman–Crippen MR) is 174 cm³/mol. The Morgan fingerprint density at radius 1 is 0.889 bits per heavy atom. The van der Waals surface area contributed by atoms with Crippen LogP contribution in [0.4, 0.5) is 16.2 Å². The molecule has 0 spiro atoms. The summed E-state index contributed by atoms with van der Waals surface area (Å²) in [5.41, 5.74) is 1.70. The maximum atomic E-state index is 12.5. The van der Waals surface area contributed by atoms with Crippen molar-refractivity contribution in [1.82, 2.24) is 10.3 Å². The number of hydrogen-bond acceptors (Lipinski definition) is 7. The van der Waals surface area contributed by atoms with E-state index in [1.807, 2.05) is 54.8 Å². The fraction of sp³-hybridized carbons (Fsp3) is 0.235. The summed E-state index contributed by atoms with van der Waals surface area (Å²) in [5, 5.41) is 17.9. The third kappa shape index (κ3) is 9.23. The number of urea groups is 1. The average Bonchev–Trinajstić information content (AvgIpc) is 3.04. The molecule has 1 aliphatic rings. The normalized spacial score (nSPS) is 15.8. The van der Waals surface area contributed by atoms with Gasteiger partial charge in [0.2, 0.25) is 11.8 Å². The van der Waals surface area contributed by atoms with Gasteiger partial charge in [-0.15, -0.1) is 11.8 Å². The highest BCUT2D eigenvalue weighted by Gasteiger charge is 2.24. The second kappa shape index (κ2) is 15.1. The largest absolute Gasteiger partial charge is 0.490 e. The van der Waals surface area contributed by atoms with E-state index in [4.69, 9.17) is 9.47 Å². The van der Waals surface area contributed by atoms with Crippen molar-refractivity contribution in [2.45, 2.75) is 49.1 Å². The van der Waals surface area contributed by atoms with E-state index in [0.29, 0.717) is 17.2 Å². The van der Waals surface area contributed by atoms with Gasteiger partial charge in [-0.25, -0.2) is 14.6 Å². The molecule has 0 aliphatic heterocycles. The van der Waals surface area contributed by atoms with Crippen LogP contribution in [0, 0.1) is 0 Å². The van der Waals surface area contributed by atoms with Gasteiger partial charge in [-0.3, -0.25) is 4.79 Å². The van der Waals surface area contributed by atoms with Crippen LogP contribution in [0.1, 0.15) is 41.6 Å². The number of ether oxygens (including phenoxy) is 2. The van der Waals surface area contributed by atoms with Crippen molar-refractivity contribution >= 4 is 41.0 Å². The van der Waals surface area contributed by atoms with E-state index >= 15 is 0 Å². The van der Waals surface area contributed by atoms with E-state index in [-0.39, 0.29) is 41.8 Å². The van der Waals surface area contributed by atoms with Gasteiger partial charge in [0.25, 0.3) is 0 Å². The van der Waals surface area contributed by atoms with Crippen molar-refractivity contribution in [1.29, 1.82) is 0 Å².